The molecule has 0 saturated heterocycles. The first-order valence-corrected chi connectivity index (χ1v) is 5.74. The smallest absolute Gasteiger partial charge is 0.316 e. The van der Waals surface area contributed by atoms with E-state index in [-0.39, 0.29) is 11.7 Å². The monoisotopic (exact) mass is 236 g/mol. The van der Waals surface area contributed by atoms with Gasteiger partial charge in [0, 0.05) is 10.6 Å². The Bertz CT molecular complexity index is 426. The van der Waals surface area contributed by atoms with Gasteiger partial charge in [-0.15, -0.1) is 11.8 Å². The number of nitrogen functional groups attached to an aromatic ring is 1. The first-order chi connectivity index (χ1) is 7.67. The quantitative estimate of drug-likeness (QED) is 0.490. The fourth-order valence-electron chi connectivity index (χ4n) is 1.10. The molecule has 0 aromatic heterocycles. The average Bonchev–Trinajstić information content (AvgIpc) is 2.27. The molecule has 0 aliphatic heterocycles. The largest absolute Gasteiger partial charge is 0.465 e. The number of hydrogen-bond acceptors (Lipinski definition) is 5. The maximum absolute atomic E-state index is 11.1. The fraction of sp³-hybridized carbons (Fsp3) is 0.273. The van der Waals surface area contributed by atoms with Crippen LogP contribution in [0.2, 0.25) is 0 Å². The lowest BCUT2D eigenvalue weighted by molar-refractivity contribution is -0.139. The Kier molecular flexibility index (Phi) is 4.67. The summed E-state index contributed by atoms with van der Waals surface area (Å²) < 4.78 is 4.79. The van der Waals surface area contributed by atoms with Crippen LogP contribution in [0.1, 0.15) is 12.5 Å². The van der Waals surface area contributed by atoms with Gasteiger partial charge in [-0.1, -0.05) is 0 Å². The third-order valence-corrected chi connectivity index (χ3v) is 2.82. The molecular formula is C11H12N2O2S. The molecule has 0 saturated carbocycles. The van der Waals surface area contributed by atoms with Gasteiger partial charge in [-0.05, 0) is 25.1 Å². The second-order valence-electron chi connectivity index (χ2n) is 2.96. The normalized spacial score (nSPS) is 9.50. The molecule has 5 heteroatoms. The first kappa shape index (κ1) is 12.4. The highest BCUT2D eigenvalue weighted by molar-refractivity contribution is 8.00. The highest BCUT2D eigenvalue weighted by Crippen LogP contribution is 2.24. The van der Waals surface area contributed by atoms with E-state index in [2.05, 4.69) is 0 Å². The van der Waals surface area contributed by atoms with Crippen molar-refractivity contribution in [2.45, 2.75) is 11.8 Å². The summed E-state index contributed by atoms with van der Waals surface area (Å²) in [5.74, 6) is -0.0832. The lowest BCUT2D eigenvalue weighted by Gasteiger charge is -2.04. The van der Waals surface area contributed by atoms with Gasteiger partial charge in [0.15, 0.2) is 0 Å². The minimum Gasteiger partial charge on any atom is -0.465 e. The lowest BCUT2D eigenvalue weighted by Crippen LogP contribution is -2.06. The van der Waals surface area contributed by atoms with Crippen molar-refractivity contribution in [1.29, 1.82) is 5.26 Å². The number of esters is 1. The van der Waals surface area contributed by atoms with E-state index in [1.54, 1.807) is 25.1 Å². The third kappa shape index (κ3) is 3.48. The summed E-state index contributed by atoms with van der Waals surface area (Å²) in [6, 6.07) is 7.07. The number of thioether (sulfide) groups is 1. The fourth-order valence-corrected chi connectivity index (χ4v) is 1.88. The van der Waals surface area contributed by atoms with E-state index in [1.165, 1.54) is 11.8 Å². The number of anilines is 1. The molecule has 1 aromatic rings. The van der Waals surface area contributed by atoms with Crippen molar-refractivity contribution in [2.24, 2.45) is 0 Å². The zero-order valence-corrected chi connectivity index (χ0v) is 9.71. The van der Waals surface area contributed by atoms with Crippen molar-refractivity contribution < 1.29 is 9.53 Å². The number of nitriles is 1. The Hall–Kier alpha value is -1.67. The number of carbonyl (C=O) groups is 1. The highest BCUT2D eigenvalue weighted by Gasteiger charge is 2.07. The predicted molar refractivity (Wildman–Crippen MR) is 62.9 cm³/mol. The van der Waals surface area contributed by atoms with Crippen molar-refractivity contribution >= 4 is 23.4 Å². The van der Waals surface area contributed by atoms with E-state index >= 15 is 0 Å². The van der Waals surface area contributed by atoms with E-state index in [0.717, 1.165) is 4.90 Å². The second kappa shape index (κ2) is 6.03. The molecule has 0 amide bonds. The van der Waals surface area contributed by atoms with Crippen LogP contribution in [0.4, 0.5) is 5.69 Å². The van der Waals surface area contributed by atoms with Crippen LogP contribution in [-0.4, -0.2) is 18.3 Å². The Morgan fingerprint density at radius 1 is 1.62 bits per heavy atom. The number of nitrogens with zero attached hydrogens (tertiary/aromatic N) is 1. The molecule has 0 bridgehead atoms. The molecule has 4 nitrogen and oxygen atoms in total. The van der Waals surface area contributed by atoms with Crippen LogP contribution in [0.25, 0.3) is 0 Å². The van der Waals surface area contributed by atoms with Crippen molar-refractivity contribution in [3.63, 3.8) is 0 Å². The van der Waals surface area contributed by atoms with Gasteiger partial charge in [0.05, 0.1) is 17.9 Å². The van der Waals surface area contributed by atoms with E-state index < -0.39 is 0 Å². The third-order valence-electron chi connectivity index (χ3n) is 1.77. The maximum atomic E-state index is 11.1. The summed E-state index contributed by atoms with van der Waals surface area (Å²) in [7, 11) is 0. The predicted octanol–water partition coefficient (Wildman–Crippen LogP) is 1.80. The zero-order chi connectivity index (χ0) is 12.0. The van der Waals surface area contributed by atoms with E-state index in [4.69, 9.17) is 15.7 Å². The topological polar surface area (TPSA) is 76.1 Å². The Labute approximate surface area is 98.4 Å². The summed E-state index contributed by atoms with van der Waals surface area (Å²) >= 11 is 1.28. The molecule has 1 rings (SSSR count). The van der Waals surface area contributed by atoms with Gasteiger partial charge in [0.2, 0.25) is 0 Å². The minimum absolute atomic E-state index is 0.201. The van der Waals surface area contributed by atoms with Crippen molar-refractivity contribution in [1.82, 2.24) is 0 Å². The van der Waals surface area contributed by atoms with Crippen molar-refractivity contribution in [3.05, 3.63) is 23.8 Å². The molecule has 0 heterocycles. The number of rotatable bonds is 4. The van der Waals surface area contributed by atoms with Crippen LogP contribution in [0.3, 0.4) is 0 Å². The molecule has 0 aliphatic carbocycles. The number of carbonyl (C=O) groups excluding carboxylic acids is 1. The second-order valence-corrected chi connectivity index (χ2v) is 3.98. The van der Waals surface area contributed by atoms with Gasteiger partial charge in [-0.25, -0.2) is 0 Å². The molecule has 2 N–H and O–H groups in total. The number of ether oxygens (including phenoxy) is 1. The van der Waals surface area contributed by atoms with E-state index in [9.17, 15) is 4.79 Å². The standard InChI is InChI=1S/C11H12N2O2S/c1-2-15-11(14)7-16-10-4-3-9(13)5-8(10)6-12/h3-5H,2,7,13H2,1H3. The van der Waals surface area contributed by atoms with Crippen LogP contribution in [0, 0.1) is 11.3 Å². The van der Waals surface area contributed by atoms with Gasteiger partial charge in [0.1, 0.15) is 6.07 Å². The van der Waals surface area contributed by atoms with Crippen LogP contribution < -0.4 is 5.73 Å². The summed E-state index contributed by atoms with van der Waals surface area (Å²) in [4.78, 5) is 11.9. The van der Waals surface area contributed by atoms with Crippen molar-refractivity contribution in [2.75, 3.05) is 18.1 Å². The minimum atomic E-state index is -0.284. The van der Waals surface area contributed by atoms with Crippen molar-refractivity contribution in [3.8, 4) is 6.07 Å². The molecule has 84 valence electrons. The number of nitrogens with two attached hydrogens (primary N) is 1. The summed E-state index contributed by atoms with van der Waals surface area (Å²) in [5.41, 5.74) is 6.57. The molecule has 0 unspecified atom stereocenters. The summed E-state index contributed by atoms with van der Waals surface area (Å²) in [5, 5.41) is 8.88. The van der Waals surface area contributed by atoms with Crippen LogP contribution in [-0.2, 0) is 9.53 Å². The van der Waals surface area contributed by atoms with Crippen LogP contribution in [0.15, 0.2) is 23.1 Å². The first-order valence-electron chi connectivity index (χ1n) is 4.75. The zero-order valence-electron chi connectivity index (χ0n) is 8.90. The van der Waals surface area contributed by atoms with Gasteiger partial charge in [0.25, 0.3) is 0 Å². The molecule has 0 atom stereocenters. The van der Waals surface area contributed by atoms with Gasteiger partial charge in [-0.2, -0.15) is 5.26 Å². The average molecular weight is 236 g/mol. The molecule has 1 aromatic carbocycles. The number of benzene rings is 1. The summed E-state index contributed by atoms with van der Waals surface area (Å²) in [6.07, 6.45) is 0. The number of hydrogen-bond donors (Lipinski definition) is 1. The Morgan fingerprint density at radius 3 is 3.00 bits per heavy atom. The summed E-state index contributed by atoms with van der Waals surface area (Å²) in [6.45, 7) is 2.12. The van der Waals surface area contributed by atoms with Crippen LogP contribution >= 0.6 is 11.8 Å². The van der Waals surface area contributed by atoms with Gasteiger partial charge in [-0.3, -0.25) is 4.79 Å². The highest BCUT2D eigenvalue weighted by atomic mass is 32.2. The maximum Gasteiger partial charge on any atom is 0.316 e. The lowest BCUT2D eigenvalue weighted by atomic mass is 10.2. The van der Waals surface area contributed by atoms with Crippen LogP contribution in [0.5, 0.6) is 0 Å². The van der Waals surface area contributed by atoms with E-state index in [1.807, 2.05) is 6.07 Å². The van der Waals surface area contributed by atoms with E-state index in [0.29, 0.717) is 17.9 Å². The molecule has 0 aliphatic rings. The SMILES string of the molecule is CCOC(=O)CSc1ccc(N)cc1C#N. The molecular weight excluding hydrogens is 224 g/mol. The molecule has 0 spiro atoms. The van der Waals surface area contributed by atoms with Gasteiger partial charge >= 0.3 is 5.97 Å². The van der Waals surface area contributed by atoms with Gasteiger partial charge < -0.3 is 10.5 Å². The molecule has 16 heavy (non-hydrogen) atoms. The molecule has 0 radical (unpaired) electrons. The Morgan fingerprint density at radius 2 is 2.38 bits per heavy atom. The Balaban J connectivity index is 2.67. The molecule has 0 fully saturated rings.